The van der Waals surface area contributed by atoms with Crippen LogP contribution in [-0.2, 0) is 9.30 Å². The fourth-order valence-electron chi connectivity index (χ4n) is 1.76. The van der Waals surface area contributed by atoms with E-state index in [1.807, 2.05) is 0 Å². The van der Waals surface area contributed by atoms with Crippen molar-refractivity contribution in [2.75, 3.05) is 6.16 Å². The highest BCUT2D eigenvalue weighted by atomic mass is 31.1. The second-order valence-electron chi connectivity index (χ2n) is 3.99. The molecule has 0 spiro atoms. The third kappa shape index (κ3) is 2.77. The van der Waals surface area contributed by atoms with Gasteiger partial charge in [0.2, 0.25) is 12.0 Å². The van der Waals surface area contributed by atoms with Gasteiger partial charge in [-0.05, 0) is 4.57 Å². The monoisotopic (exact) mass is 291 g/mol. The zero-order valence-corrected chi connectivity index (χ0v) is 10.4. The third-order valence-corrected chi connectivity index (χ3v) is 3.34. The van der Waals surface area contributed by atoms with Gasteiger partial charge in [-0.2, -0.15) is 4.89 Å². The van der Waals surface area contributed by atoms with Gasteiger partial charge in [0.1, 0.15) is 24.6 Å². The number of nitrogens with zero attached hydrogens (tertiary/aromatic N) is 3. The first-order valence-electron chi connectivity index (χ1n) is 5.26. The molecular formula is C8H12N4O6P+. The maximum absolute atomic E-state index is 10.8. The molecule has 0 saturated carbocycles. The van der Waals surface area contributed by atoms with E-state index < -0.39 is 38.5 Å². The Hall–Kier alpha value is -1.45. The van der Waals surface area contributed by atoms with Crippen molar-refractivity contribution in [1.29, 1.82) is 0 Å². The molecular weight excluding hydrogens is 279 g/mol. The maximum Gasteiger partial charge on any atom is 0.508 e. The number of primary amides is 1. The average molecular weight is 291 g/mol. The summed E-state index contributed by atoms with van der Waals surface area (Å²) < 4.78 is 17.0. The standard InChI is InChI=1S/C8H11N4O6P/c9-6(15)7-10-2-12(11-7)8-5(14)4(13)3(18-8)1-19(16)17/h2-5,8,13-14H,1H2,(H2-,9,15,16,17)/p+1/t3-,4+,5?,8-/m1/s1. The van der Waals surface area contributed by atoms with E-state index in [0.29, 0.717) is 0 Å². The second-order valence-corrected chi connectivity index (χ2v) is 5.06. The molecule has 104 valence electrons. The summed E-state index contributed by atoms with van der Waals surface area (Å²) in [7, 11) is -2.52. The van der Waals surface area contributed by atoms with Gasteiger partial charge in [0.25, 0.3) is 5.91 Å². The zero-order chi connectivity index (χ0) is 14.2. The van der Waals surface area contributed by atoms with E-state index in [-0.39, 0.29) is 12.0 Å². The van der Waals surface area contributed by atoms with Gasteiger partial charge in [0, 0.05) is 0 Å². The van der Waals surface area contributed by atoms with Gasteiger partial charge in [-0.15, -0.1) is 5.10 Å². The number of aromatic nitrogens is 3. The molecule has 0 aromatic carbocycles. The van der Waals surface area contributed by atoms with Crippen LogP contribution in [0.25, 0.3) is 0 Å². The number of hydrogen-bond acceptors (Lipinski definition) is 7. The van der Waals surface area contributed by atoms with Crippen molar-refractivity contribution in [3.05, 3.63) is 12.2 Å². The summed E-state index contributed by atoms with van der Waals surface area (Å²) in [6.07, 6.45) is -4.01. The minimum atomic E-state index is -2.52. The summed E-state index contributed by atoms with van der Waals surface area (Å²) in [6.45, 7) is 0. The summed E-state index contributed by atoms with van der Waals surface area (Å²) in [6, 6.07) is 0. The van der Waals surface area contributed by atoms with E-state index in [1.165, 1.54) is 0 Å². The molecule has 2 rings (SSSR count). The molecule has 1 aliphatic rings. The van der Waals surface area contributed by atoms with Crippen LogP contribution < -0.4 is 5.73 Å². The molecule has 5 atom stereocenters. The summed E-state index contributed by atoms with van der Waals surface area (Å²) in [5.41, 5.74) is 4.98. The molecule has 1 aromatic rings. The van der Waals surface area contributed by atoms with E-state index in [2.05, 4.69) is 10.1 Å². The van der Waals surface area contributed by atoms with Crippen LogP contribution in [0.15, 0.2) is 6.33 Å². The summed E-state index contributed by atoms with van der Waals surface area (Å²) in [4.78, 5) is 23.2. The van der Waals surface area contributed by atoms with Crippen molar-refractivity contribution in [2.45, 2.75) is 24.5 Å². The molecule has 0 bridgehead atoms. The van der Waals surface area contributed by atoms with Crippen LogP contribution in [0, 0.1) is 0 Å². The Kier molecular flexibility index (Phi) is 3.88. The van der Waals surface area contributed by atoms with E-state index in [0.717, 1.165) is 11.0 Å². The number of carbonyl (C=O) groups excluding carboxylic acids is 1. The molecule has 1 aliphatic heterocycles. The Morgan fingerprint density at radius 3 is 2.74 bits per heavy atom. The molecule has 2 unspecified atom stereocenters. The zero-order valence-electron chi connectivity index (χ0n) is 9.53. The topological polar surface area (TPSA) is 161 Å². The number of ether oxygens (including phenoxy) is 1. The van der Waals surface area contributed by atoms with Crippen molar-refractivity contribution >= 4 is 13.9 Å². The van der Waals surface area contributed by atoms with Gasteiger partial charge in [-0.25, -0.2) is 9.67 Å². The van der Waals surface area contributed by atoms with Crippen molar-refractivity contribution in [3.63, 3.8) is 0 Å². The lowest BCUT2D eigenvalue weighted by molar-refractivity contribution is -0.0394. The van der Waals surface area contributed by atoms with Gasteiger partial charge >= 0.3 is 8.03 Å². The number of rotatable bonds is 4. The summed E-state index contributed by atoms with van der Waals surface area (Å²) in [5, 5.41) is 23.2. The number of aliphatic hydroxyl groups is 2. The molecule has 1 fully saturated rings. The molecule has 1 amide bonds. The highest BCUT2D eigenvalue weighted by Gasteiger charge is 2.47. The number of hydrogen-bond donors (Lipinski definition) is 4. The molecule has 1 saturated heterocycles. The summed E-state index contributed by atoms with van der Waals surface area (Å²) in [5.74, 6) is -1.11. The van der Waals surface area contributed by atoms with Crippen LogP contribution in [0.4, 0.5) is 0 Å². The molecule has 0 radical (unpaired) electrons. The predicted molar refractivity (Wildman–Crippen MR) is 59.2 cm³/mol. The van der Waals surface area contributed by atoms with Gasteiger partial charge < -0.3 is 20.7 Å². The first kappa shape index (κ1) is 14.0. The number of nitrogens with two attached hydrogens (primary N) is 1. The fourth-order valence-corrected chi connectivity index (χ4v) is 2.37. The fraction of sp³-hybridized carbons (Fsp3) is 0.625. The predicted octanol–water partition coefficient (Wildman–Crippen LogP) is -2.27. The van der Waals surface area contributed by atoms with Crippen LogP contribution in [0.3, 0.4) is 0 Å². The Balaban J connectivity index is 2.16. The molecule has 11 heteroatoms. The second kappa shape index (κ2) is 5.27. The van der Waals surface area contributed by atoms with Crippen molar-refractivity contribution in [1.82, 2.24) is 14.8 Å². The third-order valence-electron chi connectivity index (χ3n) is 2.66. The van der Waals surface area contributed by atoms with Crippen LogP contribution in [0.2, 0.25) is 0 Å². The SMILES string of the molecule is NC(=O)c1ncn([C@@H]2O[C@H](C[P+](=O)O)[C@H](O)C2O)n1. The lowest BCUT2D eigenvalue weighted by Gasteiger charge is -2.13. The number of amides is 1. The van der Waals surface area contributed by atoms with Crippen molar-refractivity contribution in [2.24, 2.45) is 5.73 Å². The highest BCUT2D eigenvalue weighted by Crippen LogP contribution is 2.32. The number of carbonyl (C=O) groups is 1. The number of aliphatic hydroxyl groups excluding tert-OH is 2. The minimum Gasteiger partial charge on any atom is -0.387 e. The quantitative estimate of drug-likeness (QED) is 0.451. The van der Waals surface area contributed by atoms with E-state index in [4.69, 9.17) is 15.4 Å². The van der Waals surface area contributed by atoms with E-state index in [9.17, 15) is 19.6 Å². The first-order valence-corrected chi connectivity index (χ1v) is 6.66. The lowest BCUT2D eigenvalue weighted by atomic mass is 10.1. The van der Waals surface area contributed by atoms with Crippen LogP contribution in [-0.4, -0.2) is 60.3 Å². The Bertz CT molecular complexity index is 507. The van der Waals surface area contributed by atoms with Crippen molar-refractivity contribution < 1.29 is 29.2 Å². The molecule has 19 heavy (non-hydrogen) atoms. The summed E-state index contributed by atoms with van der Waals surface area (Å²) >= 11 is 0. The smallest absolute Gasteiger partial charge is 0.387 e. The Morgan fingerprint density at radius 2 is 2.21 bits per heavy atom. The molecule has 0 aliphatic carbocycles. The normalized spacial score (nSPS) is 31.4. The van der Waals surface area contributed by atoms with E-state index in [1.54, 1.807) is 0 Å². The van der Waals surface area contributed by atoms with Crippen LogP contribution >= 0.6 is 8.03 Å². The highest BCUT2D eigenvalue weighted by molar-refractivity contribution is 7.38. The Labute approximate surface area is 107 Å². The molecule has 5 N–H and O–H groups in total. The Morgan fingerprint density at radius 1 is 1.53 bits per heavy atom. The van der Waals surface area contributed by atoms with Crippen molar-refractivity contribution in [3.8, 4) is 0 Å². The molecule has 1 aromatic heterocycles. The van der Waals surface area contributed by atoms with Crippen LogP contribution in [0.1, 0.15) is 16.8 Å². The van der Waals surface area contributed by atoms with Gasteiger partial charge in [-0.1, -0.05) is 0 Å². The maximum atomic E-state index is 10.8. The molecule has 2 heterocycles. The van der Waals surface area contributed by atoms with Gasteiger partial charge in [0.15, 0.2) is 6.23 Å². The van der Waals surface area contributed by atoms with Gasteiger partial charge in [-0.3, -0.25) is 4.79 Å². The largest absolute Gasteiger partial charge is 0.508 e. The lowest BCUT2D eigenvalue weighted by Crippen LogP contribution is -2.32. The minimum absolute atomic E-state index is 0.262. The first-order chi connectivity index (χ1) is 8.90. The van der Waals surface area contributed by atoms with Crippen LogP contribution in [0.5, 0.6) is 0 Å². The molecule has 10 nitrogen and oxygen atoms in total. The van der Waals surface area contributed by atoms with Gasteiger partial charge in [0.05, 0.1) is 0 Å². The average Bonchev–Trinajstić information content (AvgIpc) is 2.89. The van der Waals surface area contributed by atoms with E-state index >= 15 is 0 Å².